The molecule has 0 saturated heterocycles. The first-order valence-electron chi connectivity index (χ1n) is 8.28. The molecule has 7 heteroatoms. The molecule has 136 valence electrons. The molecular weight excluding hydrogens is 360 g/mol. The summed E-state index contributed by atoms with van der Waals surface area (Å²) in [4.78, 5) is 17.7. The van der Waals surface area contributed by atoms with E-state index in [4.69, 9.17) is 10.00 Å². The molecule has 2 aromatic carbocycles. The molecule has 6 nitrogen and oxygen atoms in total. The molecule has 1 unspecified atom stereocenters. The number of imidazole rings is 1. The maximum absolute atomic E-state index is 12.4. The first kappa shape index (κ1) is 18.5. The molecule has 0 saturated carbocycles. The van der Waals surface area contributed by atoms with Gasteiger partial charge in [-0.05, 0) is 43.3 Å². The molecular formula is C20H18N4O2S. The fraction of sp³-hybridized carbons (Fsp3) is 0.150. The number of para-hydroxylation sites is 1. The Hall–Kier alpha value is -3.24. The minimum absolute atomic E-state index is 0.285. The van der Waals surface area contributed by atoms with E-state index < -0.39 is 6.10 Å². The topological polar surface area (TPSA) is 79.9 Å². The Morgan fingerprint density at radius 3 is 2.67 bits per heavy atom. The maximum Gasteiger partial charge on any atom is 0.265 e. The minimum Gasteiger partial charge on any atom is -0.480 e. The monoisotopic (exact) mass is 378 g/mol. The maximum atomic E-state index is 12.4. The molecule has 0 aliphatic carbocycles. The zero-order valence-corrected chi connectivity index (χ0v) is 15.7. The number of nitriles is 1. The van der Waals surface area contributed by atoms with Gasteiger partial charge in [0.2, 0.25) is 0 Å². The first-order chi connectivity index (χ1) is 13.1. The van der Waals surface area contributed by atoms with Crippen molar-refractivity contribution >= 4 is 23.4 Å². The van der Waals surface area contributed by atoms with Gasteiger partial charge in [0.15, 0.2) is 11.3 Å². The van der Waals surface area contributed by atoms with E-state index in [2.05, 4.69) is 16.4 Å². The first-order valence-corrected chi connectivity index (χ1v) is 9.10. The summed E-state index contributed by atoms with van der Waals surface area (Å²) in [5.41, 5.74) is 1.07. The van der Waals surface area contributed by atoms with Crippen molar-refractivity contribution in [1.29, 1.82) is 5.26 Å². The number of aryl methyl sites for hydroxylation is 1. The average molecular weight is 378 g/mol. The summed E-state index contributed by atoms with van der Waals surface area (Å²) in [5, 5.41) is 12.8. The molecule has 0 spiro atoms. The Labute approximate surface area is 161 Å². The number of nitrogens with one attached hydrogen (secondary N) is 1. The predicted octanol–water partition coefficient (Wildman–Crippen LogP) is 3.85. The Kier molecular flexibility index (Phi) is 5.79. The van der Waals surface area contributed by atoms with Crippen LogP contribution >= 0.6 is 11.8 Å². The van der Waals surface area contributed by atoms with E-state index in [-0.39, 0.29) is 5.91 Å². The van der Waals surface area contributed by atoms with Crippen molar-refractivity contribution in [2.45, 2.75) is 23.1 Å². The van der Waals surface area contributed by atoms with Crippen molar-refractivity contribution in [3.05, 3.63) is 66.5 Å². The molecule has 0 fully saturated rings. The van der Waals surface area contributed by atoms with E-state index in [0.29, 0.717) is 17.0 Å². The molecule has 0 radical (unpaired) electrons. The van der Waals surface area contributed by atoms with Crippen LogP contribution in [0.25, 0.3) is 0 Å². The number of rotatable bonds is 6. The van der Waals surface area contributed by atoms with Crippen molar-refractivity contribution in [3.8, 4) is 11.8 Å². The zero-order chi connectivity index (χ0) is 19.2. The van der Waals surface area contributed by atoms with Gasteiger partial charge in [-0.15, -0.1) is 0 Å². The summed E-state index contributed by atoms with van der Waals surface area (Å²) in [6.45, 7) is 1.65. The smallest absolute Gasteiger partial charge is 0.265 e. The molecule has 1 N–H and O–H groups in total. The van der Waals surface area contributed by atoms with Crippen LogP contribution in [0.5, 0.6) is 5.75 Å². The molecule has 1 amide bonds. The predicted molar refractivity (Wildman–Crippen MR) is 104 cm³/mol. The van der Waals surface area contributed by atoms with Crippen molar-refractivity contribution in [2.75, 3.05) is 5.32 Å². The van der Waals surface area contributed by atoms with E-state index in [9.17, 15) is 4.79 Å². The van der Waals surface area contributed by atoms with E-state index in [1.165, 1.54) is 0 Å². The number of hydrogen-bond acceptors (Lipinski definition) is 5. The highest BCUT2D eigenvalue weighted by Crippen LogP contribution is 2.27. The molecule has 3 aromatic rings. The average Bonchev–Trinajstić information content (AvgIpc) is 3.08. The second-order valence-electron chi connectivity index (χ2n) is 5.80. The third-order valence-corrected chi connectivity index (χ3v) is 4.87. The van der Waals surface area contributed by atoms with Crippen LogP contribution in [0.1, 0.15) is 12.5 Å². The Morgan fingerprint density at radius 2 is 2.00 bits per heavy atom. The van der Waals surface area contributed by atoms with Crippen molar-refractivity contribution in [2.24, 2.45) is 7.05 Å². The lowest BCUT2D eigenvalue weighted by Gasteiger charge is -2.15. The molecule has 1 atom stereocenters. The van der Waals surface area contributed by atoms with E-state index in [0.717, 1.165) is 10.1 Å². The quantitative estimate of drug-likeness (QED) is 0.705. The van der Waals surface area contributed by atoms with Gasteiger partial charge in [0.1, 0.15) is 11.8 Å². The van der Waals surface area contributed by atoms with Crippen LogP contribution in [0, 0.1) is 11.3 Å². The van der Waals surface area contributed by atoms with Gasteiger partial charge in [-0.3, -0.25) is 4.79 Å². The number of ether oxygens (including phenoxy) is 1. The lowest BCUT2D eigenvalue weighted by Crippen LogP contribution is -2.30. The van der Waals surface area contributed by atoms with Crippen LogP contribution in [-0.4, -0.2) is 21.6 Å². The number of amides is 1. The normalized spacial score (nSPS) is 11.4. The SMILES string of the molecule is CC(Oc1ccccc1C#N)C(=O)Nc1ccc(Sc2nccn2C)cc1. The summed E-state index contributed by atoms with van der Waals surface area (Å²) >= 11 is 1.54. The number of benzene rings is 2. The highest BCUT2D eigenvalue weighted by Gasteiger charge is 2.16. The fourth-order valence-electron chi connectivity index (χ4n) is 2.31. The standard InChI is InChI=1S/C20H18N4O2S/c1-14(26-18-6-4-3-5-15(18)13-21)19(25)23-16-7-9-17(10-8-16)27-20-22-11-12-24(20)2/h3-12,14H,1-2H3,(H,23,25). The number of anilines is 1. The molecule has 27 heavy (non-hydrogen) atoms. The summed E-state index contributed by atoms with van der Waals surface area (Å²) in [7, 11) is 1.94. The van der Waals surface area contributed by atoms with Gasteiger partial charge in [0, 0.05) is 30.0 Å². The van der Waals surface area contributed by atoms with Crippen LogP contribution < -0.4 is 10.1 Å². The Balaban J connectivity index is 1.60. The highest BCUT2D eigenvalue weighted by atomic mass is 32.2. The van der Waals surface area contributed by atoms with Gasteiger partial charge in [-0.25, -0.2) is 4.98 Å². The highest BCUT2D eigenvalue weighted by molar-refractivity contribution is 7.99. The summed E-state index contributed by atoms with van der Waals surface area (Å²) in [6.07, 6.45) is 2.91. The third kappa shape index (κ3) is 4.68. The van der Waals surface area contributed by atoms with Gasteiger partial charge >= 0.3 is 0 Å². The van der Waals surface area contributed by atoms with Gasteiger partial charge < -0.3 is 14.6 Å². The fourth-order valence-corrected chi connectivity index (χ4v) is 3.11. The van der Waals surface area contributed by atoms with Gasteiger partial charge in [0.25, 0.3) is 5.91 Å². The van der Waals surface area contributed by atoms with Gasteiger partial charge in [-0.1, -0.05) is 23.9 Å². The third-order valence-electron chi connectivity index (χ3n) is 3.79. The van der Waals surface area contributed by atoms with Crippen molar-refractivity contribution in [1.82, 2.24) is 9.55 Å². The number of hydrogen-bond donors (Lipinski definition) is 1. The number of nitrogens with zero attached hydrogens (tertiary/aromatic N) is 3. The molecule has 0 aliphatic heterocycles. The van der Waals surface area contributed by atoms with Crippen molar-refractivity contribution in [3.63, 3.8) is 0 Å². The van der Waals surface area contributed by atoms with Crippen molar-refractivity contribution < 1.29 is 9.53 Å². The molecule has 3 rings (SSSR count). The summed E-state index contributed by atoms with van der Waals surface area (Å²) in [6, 6.07) is 16.4. The second-order valence-corrected chi connectivity index (χ2v) is 6.85. The summed E-state index contributed by atoms with van der Waals surface area (Å²) in [5.74, 6) is 0.108. The van der Waals surface area contributed by atoms with E-state index >= 15 is 0 Å². The Bertz CT molecular complexity index is 976. The number of carbonyl (C=O) groups excluding carboxylic acids is 1. The van der Waals surface area contributed by atoms with E-state index in [1.54, 1.807) is 49.1 Å². The number of carbonyl (C=O) groups is 1. The van der Waals surface area contributed by atoms with Crippen LogP contribution in [-0.2, 0) is 11.8 Å². The molecule has 0 bridgehead atoms. The van der Waals surface area contributed by atoms with Crippen LogP contribution in [0.4, 0.5) is 5.69 Å². The van der Waals surface area contributed by atoms with Crippen LogP contribution in [0.2, 0.25) is 0 Å². The largest absolute Gasteiger partial charge is 0.480 e. The number of aromatic nitrogens is 2. The Morgan fingerprint density at radius 1 is 1.26 bits per heavy atom. The van der Waals surface area contributed by atoms with E-state index in [1.807, 2.05) is 42.1 Å². The molecule has 1 heterocycles. The van der Waals surface area contributed by atoms with Gasteiger partial charge in [0.05, 0.1) is 5.56 Å². The summed E-state index contributed by atoms with van der Waals surface area (Å²) < 4.78 is 7.57. The van der Waals surface area contributed by atoms with Crippen LogP contribution in [0.3, 0.4) is 0 Å². The van der Waals surface area contributed by atoms with Crippen LogP contribution in [0.15, 0.2) is 71.0 Å². The lowest BCUT2D eigenvalue weighted by molar-refractivity contribution is -0.122. The minimum atomic E-state index is -0.735. The zero-order valence-electron chi connectivity index (χ0n) is 14.9. The van der Waals surface area contributed by atoms with Gasteiger partial charge in [-0.2, -0.15) is 5.26 Å². The molecule has 0 aliphatic rings. The second kappa shape index (κ2) is 8.43. The lowest BCUT2D eigenvalue weighted by atomic mass is 10.2. The molecule has 1 aromatic heterocycles.